The Morgan fingerprint density at radius 3 is 2.91 bits per heavy atom. The maximum Gasteiger partial charge on any atom is 0.242 e. The first kappa shape index (κ1) is 12.9. The van der Waals surface area contributed by atoms with Gasteiger partial charge in [0, 0.05) is 23.0 Å². The number of hydrogen-bond donors (Lipinski definition) is 1. The smallest absolute Gasteiger partial charge is 0.242 e. The van der Waals surface area contributed by atoms with E-state index >= 15 is 0 Å². The van der Waals surface area contributed by atoms with Gasteiger partial charge in [-0.3, -0.25) is 9.59 Å². The molecule has 1 saturated heterocycles. The largest absolute Gasteiger partial charge is 0.357 e. The Labute approximate surface area is 131 Å². The number of H-pyrrole nitrogens is 1. The fourth-order valence-electron chi connectivity index (χ4n) is 3.85. The molecule has 1 amide bonds. The van der Waals surface area contributed by atoms with Crippen molar-refractivity contribution in [1.29, 1.82) is 0 Å². The van der Waals surface area contributed by atoms with Crippen molar-refractivity contribution >= 4 is 22.6 Å². The van der Waals surface area contributed by atoms with Gasteiger partial charge in [-0.2, -0.15) is 4.89 Å². The van der Waals surface area contributed by atoms with Crippen LogP contribution in [0.2, 0.25) is 0 Å². The van der Waals surface area contributed by atoms with Crippen molar-refractivity contribution < 1.29 is 19.4 Å². The van der Waals surface area contributed by atoms with Crippen LogP contribution in [0.5, 0.6) is 0 Å². The number of benzene rings is 1. The lowest BCUT2D eigenvalue weighted by Gasteiger charge is -2.28. The van der Waals surface area contributed by atoms with Gasteiger partial charge in [-0.1, -0.05) is 18.2 Å². The van der Waals surface area contributed by atoms with E-state index in [1.807, 2.05) is 18.2 Å². The van der Waals surface area contributed by atoms with Gasteiger partial charge in [0.2, 0.25) is 5.91 Å². The molecule has 0 spiro atoms. The Balaban J connectivity index is 1.56. The molecule has 23 heavy (non-hydrogen) atoms. The minimum absolute atomic E-state index is 0.0947. The molecule has 0 saturated carbocycles. The first-order chi connectivity index (χ1) is 11.2. The van der Waals surface area contributed by atoms with Gasteiger partial charge in [0.15, 0.2) is 17.5 Å². The van der Waals surface area contributed by atoms with Gasteiger partial charge in [0.05, 0.1) is 12.6 Å². The molecule has 1 aromatic carbocycles. The van der Waals surface area contributed by atoms with Crippen LogP contribution in [-0.4, -0.2) is 34.2 Å². The Kier molecular flexibility index (Phi) is 2.50. The summed E-state index contributed by atoms with van der Waals surface area (Å²) < 4.78 is 0. The quantitative estimate of drug-likeness (QED) is 0.639. The highest BCUT2D eigenvalue weighted by Crippen LogP contribution is 2.38. The maximum atomic E-state index is 12.8. The molecule has 2 unspecified atom stereocenters. The van der Waals surface area contributed by atoms with Gasteiger partial charge in [-0.05, 0) is 17.7 Å². The Morgan fingerprint density at radius 1 is 1.22 bits per heavy atom. The molecule has 4 heterocycles. The van der Waals surface area contributed by atoms with Gasteiger partial charge < -0.3 is 14.8 Å². The van der Waals surface area contributed by atoms with Gasteiger partial charge >= 0.3 is 0 Å². The Morgan fingerprint density at radius 2 is 2.09 bits per heavy atom. The number of amides is 1. The van der Waals surface area contributed by atoms with Gasteiger partial charge in [-0.25, -0.2) is 0 Å². The molecule has 0 aliphatic carbocycles. The summed E-state index contributed by atoms with van der Waals surface area (Å²) in [6.45, 7) is 0.713. The van der Waals surface area contributed by atoms with Gasteiger partial charge in [0.25, 0.3) is 0 Å². The van der Waals surface area contributed by atoms with Crippen molar-refractivity contribution in [2.45, 2.75) is 19.0 Å². The molecule has 0 radical (unpaired) electrons. The molecule has 6 nitrogen and oxygen atoms in total. The Bertz CT molecular complexity index is 882. The first-order valence-electron chi connectivity index (χ1n) is 7.66. The number of fused-ring (bicyclic) bond motifs is 4. The summed E-state index contributed by atoms with van der Waals surface area (Å²) in [5, 5.41) is 1.13. The number of hydrogen-bond acceptors (Lipinski definition) is 4. The predicted octanol–water partition coefficient (Wildman–Crippen LogP) is 1.47. The molecule has 1 fully saturated rings. The molecule has 6 heteroatoms. The van der Waals surface area contributed by atoms with Crippen molar-refractivity contribution in [3.05, 3.63) is 47.4 Å². The average molecular weight is 310 g/mol. The van der Waals surface area contributed by atoms with E-state index in [1.54, 1.807) is 11.0 Å². The summed E-state index contributed by atoms with van der Waals surface area (Å²) in [5.41, 5.74) is 3.20. The lowest BCUT2D eigenvalue weighted by molar-refractivity contribution is -0.238. The summed E-state index contributed by atoms with van der Waals surface area (Å²) in [6, 6.07) is 7.61. The minimum Gasteiger partial charge on any atom is -0.357 e. The Hall–Kier alpha value is -2.60. The summed E-state index contributed by atoms with van der Waals surface area (Å²) >= 11 is 0. The van der Waals surface area contributed by atoms with Crippen LogP contribution in [0.4, 0.5) is 0 Å². The number of rotatable bonds is 1. The molecule has 1 N–H and O–H groups in total. The summed E-state index contributed by atoms with van der Waals surface area (Å²) in [5.74, 6) is -0.801. The molecule has 2 aromatic rings. The van der Waals surface area contributed by atoms with E-state index in [2.05, 4.69) is 11.1 Å². The molecule has 2 atom stereocenters. The molecule has 3 aliphatic heterocycles. The number of Topliss-reactive ketones (excluding diaryl/α,β-unsaturated/α-hetero) is 1. The summed E-state index contributed by atoms with van der Waals surface area (Å²) in [4.78, 5) is 40.3. The molecule has 1 aromatic heterocycles. The SMILES string of the molecule is O=C1C(C2=CCOO2)C(=O)N2Cc3[nH]c4ccccc4c3CC12. The molecule has 116 valence electrons. The maximum absolute atomic E-state index is 12.8. The number of carbonyl (C=O) groups excluding carboxylic acids is 2. The van der Waals surface area contributed by atoms with Crippen LogP contribution in [0.15, 0.2) is 36.1 Å². The van der Waals surface area contributed by atoms with Crippen LogP contribution >= 0.6 is 0 Å². The predicted molar refractivity (Wildman–Crippen MR) is 80.0 cm³/mol. The topological polar surface area (TPSA) is 71.6 Å². The zero-order valence-electron chi connectivity index (χ0n) is 12.2. The highest BCUT2D eigenvalue weighted by molar-refractivity contribution is 6.13. The van der Waals surface area contributed by atoms with Crippen LogP contribution in [0, 0.1) is 5.92 Å². The number of aromatic amines is 1. The van der Waals surface area contributed by atoms with Crippen molar-refractivity contribution in [2.24, 2.45) is 5.92 Å². The molecular formula is C17H14N2O4. The van der Waals surface area contributed by atoms with E-state index in [0.29, 0.717) is 18.7 Å². The first-order valence-corrected chi connectivity index (χ1v) is 7.66. The standard InChI is InChI=1S/C17H14N2O4/c20-16-13-7-10-9-3-1-2-4-11(9)18-12(10)8-19(13)17(21)15(16)14-5-6-22-23-14/h1-5,13,15,18H,6-8H2. The second kappa shape index (κ2) is 4.45. The van der Waals surface area contributed by atoms with E-state index in [0.717, 1.165) is 22.2 Å². The van der Waals surface area contributed by atoms with Gasteiger partial charge in [-0.15, -0.1) is 0 Å². The van der Waals surface area contributed by atoms with Crippen LogP contribution in [0.25, 0.3) is 10.9 Å². The fourth-order valence-corrected chi connectivity index (χ4v) is 3.85. The van der Waals surface area contributed by atoms with E-state index in [4.69, 9.17) is 9.78 Å². The monoisotopic (exact) mass is 310 g/mol. The lowest BCUT2D eigenvalue weighted by atomic mass is 9.93. The number of carbonyl (C=O) groups is 2. The van der Waals surface area contributed by atoms with Crippen LogP contribution in [-0.2, 0) is 32.3 Å². The van der Waals surface area contributed by atoms with Crippen molar-refractivity contribution in [3.8, 4) is 0 Å². The van der Waals surface area contributed by atoms with Crippen molar-refractivity contribution in [1.82, 2.24) is 9.88 Å². The fraction of sp³-hybridized carbons (Fsp3) is 0.294. The molecule has 5 rings (SSSR count). The number of ketones is 1. The summed E-state index contributed by atoms with van der Waals surface area (Å²) in [7, 11) is 0. The number of para-hydroxylation sites is 1. The zero-order valence-corrected chi connectivity index (χ0v) is 12.2. The second-order valence-electron chi connectivity index (χ2n) is 6.12. The van der Waals surface area contributed by atoms with Crippen LogP contribution in [0.3, 0.4) is 0 Å². The third-order valence-electron chi connectivity index (χ3n) is 4.94. The highest BCUT2D eigenvalue weighted by atomic mass is 17.2. The van der Waals surface area contributed by atoms with E-state index in [-0.39, 0.29) is 18.3 Å². The third kappa shape index (κ3) is 1.66. The van der Waals surface area contributed by atoms with Crippen molar-refractivity contribution in [3.63, 3.8) is 0 Å². The van der Waals surface area contributed by atoms with E-state index in [1.165, 1.54) is 0 Å². The van der Waals surface area contributed by atoms with E-state index < -0.39 is 12.0 Å². The summed E-state index contributed by atoms with van der Waals surface area (Å²) in [6.07, 6.45) is 2.21. The van der Waals surface area contributed by atoms with Crippen molar-refractivity contribution in [2.75, 3.05) is 6.61 Å². The molecule has 3 aliphatic rings. The van der Waals surface area contributed by atoms with Gasteiger partial charge in [0.1, 0.15) is 6.61 Å². The lowest BCUT2D eigenvalue weighted by Crippen LogP contribution is -2.40. The number of aromatic nitrogens is 1. The third-order valence-corrected chi connectivity index (χ3v) is 4.94. The minimum atomic E-state index is -0.849. The average Bonchev–Trinajstić information content (AvgIpc) is 3.25. The number of nitrogens with zero attached hydrogens (tertiary/aromatic N) is 1. The normalized spacial score (nSPS) is 26.3. The highest BCUT2D eigenvalue weighted by Gasteiger charge is 2.52. The number of nitrogens with one attached hydrogen (secondary N) is 1. The van der Waals surface area contributed by atoms with E-state index in [9.17, 15) is 9.59 Å². The van der Waals surface area contributed by atoms with Crippen LogP contribution < -0.4 is 0 Å². The molecular weight excluding hydrogens is 296 g/mol. The zero-order chi connectivity index (χ0) is 15.6. The molecule has 0 bridgehead atoms. The second-order valence-corrected chi connectivity index (χ2v) is 6.12. The van der Waals surface area contributed by atoms with Crippen LogP contribution in [0.1, 0.15) is 11.3 Å².